The van der Waals surface area contributed by atoms with Gasteiger partial charge < -0.3 is 9.84 Å². The van der Waals surface area contributed by atoms with Crippen LogP contribution in [0, 0.1) is 0 Å². The average molecular weight is 264 g/mol. The van der Waals surface area contributed by atoms with Crippen LogP contribution in [0.4, 0.5) is 0 Å². The maximum atomic E-state index is 10.4. The zero-order valence-corrected chi connectivity index (χ0v) is 11.7. The van der Waals surface area contributed by atoms with Crippen LogP contribution in [0.25, 0.3) is 0 Å². The molecule has 2 aliphatic rings. The monoisotopic (exact) mass is 264 g/mol. The van der Waals surface area contributed by atoms with E-state index in [1.807, 2.05) is 6.92 Å². The molecule has 0 radical (unpaired) electrons. The smallest absolute Gasteiger partial charge is 0.0753 e. The molecule has 2 aliphatic carbocycles. The Morgan fingerprint density at radius 1 is 1.42 bits per heavy atom. The molecule has 0 bridgehead atoms. The van der Waals surface area contributed by atoms with Crippen molar-refractivity contribution in [3.8, 4) is 0 Å². The van der Waals surface area contributed by atoms with Crippen LogP contribution in [0.15, 0.2) is 12.3 Å². The van der Waals surface area contributed by atoms with Crippen LogP contribution >= 0.6 is 0 Å². The molecule has 1 heterocycles. The highest BCUT2D eigenvalue weighted by Crippen LogP contribution is 2.37. The summed E-state index contributed by atoms with van der Waals surface area (Å²) in [4.78, 5) is 0. The van der Waals surface area contributed by atoms with Crippen molar-refractivity contribution in [2.75, 3.05) is 6.61 Å². The van der Waals surface area contributed by atoms with E-state index in [0.29, 0.717) is 12.5 Å². The van der Waals surface area contributed by atoms with Crippen molar-refractivity contribution in [2.45, 2.75) is 69.6 Å². The fourth-order valence-electron chi connectivity index (χ4n) is 3.47. The Balaban J connectivity index is 1.55. The Labute approximate surface area is 114 Å². The van der Waals surface area contributed by atoms with Crippen LogP contribution < -0.4 is 0 Å². The lowest BCUT2D eigenvalue weighted by atomic mass is 9.74. The van der Waals surface area contributed by atoms with E-state index in [-0.39, 0.29) is 6.10 Å². The molecule has 4 heteroatoms. The maximum absolute atomic E-state index is 10.4. The topological polar surface area (TPSA) is 47.3 Å². The van der Waals surface area contributed by atoms with Crippen LogP contribution in [0.1, 0.15) is 57.2 Å². The second kappa shape index (κ2) is 5.25. The van der Waals surface area contributed by atoms with E-state index in [9.17, 15) is 5.11 Å². The van der Waals surface area contributed by atoms with Crippen LogP contribution in [0.3, 0.4) is 0 Å². The minimum absolute atomic E-state index is 0.243. The zero-order valence-electron chi connectivity index (χ0n) is 11.7. The third kappa shape index (κ3) is 2.84. The first kappa shape index (κ1) is 13.1. The predicted molar refractivity (Wildman–Crippen MR) is 73.0 cm³/mol. The molecular formula is C15H24N2O2. The van der Waals surface area contributed by atoms with E-state index in [1.165, 1.54) is 25.7 Å². The summed E-state index contributed by atoms with van der Waals surface area (Å²) in [5.41, 5.74) is 0.429. The Morgan fingerprint density at radius 3 is 2.84 bits per heavy atom. The van der Waals surface area contributed by atoms with Crippen LogP contribution in [0.2, 0.25) is 0 Å². The molecular weight excluding hydrogens is 240 g/mol. The molecule has 2 saturated carbocycles. The molecule has 0 spiro atoms. The molecule has 1 aromatic rings. The number of hydrogen-bond acceptors (Lipinski definition) is 3. The third-order valence-corrected chi connectivity index (χ3v) is 4.49. The summed E-state index contributed by atoms with van der Waals surface area (Å²) in [5, 5.41) is 15.1. The van der Waals surface area contributed by atoms with Gasteiger partial charge in [0.15, 0.2) is 0 Å². The maximum Gasteiger partial charge on any atom is 0.0753 e. The highest BCUT2D eigenvalue weighted by molar-refractivity contribution is 5.09. The molecule has 0 amide bonds. The van der Waals surface area contributed by atoms with Gasteiger partial charge in [0.25, 0.3) is 0 Å². The van der Waals surface area contributed by atoms with Crippen LogP contribution in [0.5, 0.6) is 0 Å². The number of rotatable bonds is 5. The van der Waals surface area contributed by atoms with E-state index < -0.39 is 5.60 Å². The van der Waals surface area contributed by atoms with E-state index >= 15 is 0 Å². The molecule has 0 saturated heterocycles. The summed E-state index contributed by atoms with van der Waals surface area (Å²) in [6, 6.07) is 2.64. The third-order valence-electron chi connectivity index (χ3n) is 4.49. The van der Waals surface area contributed by atoms with Crippen LogP contribution in [-0.4, -0.2) is 33.2 Å². The highest BCUT2D eigenvalue weighted by atomic mass is 16.5. The molecule has 0 unspecified atom stereocenters. The van der Waals surface area contributed by atoms with Gasteiger partial charge >= 0.3 is 0 Å². The Kier molecular flexibility index (Phi) is 3.63. The van der Waals surface area contributed by atoms with E-state index in [1.54, 1.807) is 0 Å². The van der Waals surface area contributed by atoms with E-state index in [2.05, 4.69) is 22.0 Å². The zero-order chi connectivity index (χ0) is 13.3. The number of nitrogens with zero attached hydrogens (tertiary/aromatic N) is 2. The normalized spacial score (nSPS) is 31.6. The molecule has 0 aliphatic heterocycles. The van der Waals surface area contributed by atoms with Gasteiger partial charge in [-0.05, 0) is 25.8 Å². The Bertz CT molecular complexity index is 418. The predicted octanol–water partition coefficient (Wildman–Crippen LogP) is 2.47. The number of aromatic nitrogens is 2. The molecule has 2 fully saturated rings. The van der Waals surface area contributed by atoms with Gasteiger partial charge in [0.1, 0.15) is 0 Å². The molecule has 19 heavy (non-hydrogen) atoms. The highest BCUT2D eigenvalue weighted by Gasteiger charge is 2.43. The van der Waals surface area contributed by atoms with Crippen molar-refractivity contribution in [3.63, 3.8) is 0 Å². The minimum Gasteiger partial charge on any atom is -0.389 e. The van der Waals surface area contributed by atoms with Crippen molar-refractivity contribution >= 4 is 0 Å². The van der Waals surface area contributed by atoms with Gasteiger partial charge in [0, 0.05) is 32.1 Å². The van der Waals surface area contributed by atoms with Crippen molar-refractivity contribution in [1.29, 1.82) is 0 Å². The fourth-order valence-corrected chi connectivity index (χ4v) is 3.47. The Morgan fingerprint density at radius 2 is 2.16 bits per heavy atom. The summed E-state index contributed by atoms with van der Waals surface area (Å²) in [7, 11) is 0. The fraction of sp³-hybridized carbons (Fsp3) is 0.800. The van der Waals surface area contributed by atoms with E-state index in [0.717, 1.165) is 25.1 Å². The lowest BCUT2D eigenvalue weighted by molar-refractivity contribution is -0.136. The lowest BCUT2D eigenvalue weighted by Crippen LogP contribution is -2.50. The molecule has 4 nitrogen and oxygen atoms in total. The SMILES string of the molecule is CCOC1CC(O)(Cc2ccn(C3CCCC3)n2)C1. The summed E-state index contributed by atoms with van der Waals surface area (Å²) >= 11 is 0. The van der Waals surface area contributed by atoms with Gasteiger partial charge in [-0.3, -0.25) is 4.68 Å². The molecule has 106 valence electrons. The van der Waals surface area contributed by atoms with Gasteiger partial charge in [0.05, 0.1) is 23.4 Å². The molecule has 0 aromatic carbocycles. The molecule has 1 N–H and O–H groups in total. The van der Waals surface area contributed by atoms with Gasteiger partial charge in [-0.2, -0.15) is 5.10 Å². The second-order valence-corrected chi connectivity index (χ2v) is 6.11. The summed E-state index contributed by atoms with van der Waals surface area (Å²) in [6.07, 6.45) is 9.61. The number of hydrogen-bond donors (Lipinski definition) is 1. The largest absolute Gasteiger partial charge is 0.389 e. The van der Waals surface area contributed by atoms with Gasteiger partial charge in [-0.15, -0.1) is 0 Å². The van der Waals surface area contributed by atoms with Crippen molar-refractivity contribution in [3.05, 3.63) is 18.0 Å². The van der Waals surface area contributed by atoms with Crippen molar-refractivity contribution in [2.24, 2.45) is 0 Å². The van der Waals surface area contributed by atoms with E-state index in [4.69, 9.17) is 4.74 Å². The minimum atomic E-state index is -0.589. The molecule has 1 aromatic heterocycles. The summed E-state index contributed by atoms with van der Waals surface area (Å²) in [6.45, 7) is 2.73. The van der Waals surface area contributed by atoms with Crippen LogP contribution in [-0.2, 0) is 11.2 Å². The average Bonchev–Trinajstić information content (AvgIpc) is 2.96. The first-order chi connectivity index (χ1) is 9.18. The number of aliphatic hydroxyl groups is 1. The second-order valence-electron chi connectivity index (χ2n) is 6.11. The van der Waals surface area contributed by atoms with Gasteiger partial charge in [-0.25, -0.2) is 0 Å². The van der Waals surface area contributed by atoms with Crippen molar-refractivity contribution in [1.82, 2.24) is 9.78 Å². The van der Waals surface area contributed by atoms with Gasteiger partial charge in [0.2, 0.25) is 0 Å². The Hall–Kier alpha value is -0.870. The molecule has 3 rings (SSSR count). The van der Waals surface area contributed by atoms with Gasteiger partial charge in [-0.1, -0.05) is 12.8 Å². The quantitative estimate of drug-likeness (QED) is 0.888. The molecule has 0 atom stereocenters. The summed E-state index contributed by atoms with van der Waals surface area (Å²) < 4.78 is 7.61. The summed E-state index contributed by atoms with van der Waals surface area (Å²) in [5.74, 6) is 0. The first-order valence-corrected chi connectivity index (χ1v) is 7.56. The lowest BCUT2D eigenvalue weighted by Gasteiger charge is -2.42. The number of ether oxygens (including phenoxy) is 1. The standard InChI is InChI=1S/C15H24N2O2/c1-2-19-14-10-15(18,11-14)9-12-7-8-17(16-12)13-5-3-4-6-13/h7-8,13-14,18H,2-6,9-11H2,1H3. The first-order valence-electron chi connectivity index (χ1n) is 7.56. The van der Waals surface area contributed by atoms with Crippen molar-refractivity contribution < 1.29 is 9.84 Å².